The summed E-state index contributed by atoms with van der Waals surface area (Å²) in [6, 6.07) is 11.6. The molecule has 11 nitrogen and oxygen atoms in total. The highest BCUT2D eigenvalue weighted by Crippen LogP contribution is 2.38. The Balaban J connectivity index is 1.36. The summed E-state index contributed by atoms with van der Waals surface area (Å²) in [7, 11) is 2.95. The number of hydrogen-bond donors (Lipinski definition) is 3. The van der Waals surface area contributed by atoms with Crippen molar-refractivity contribution in [2.24, 2.45) is 0 Å². The highest BCUT2D eigenvalue weighted by molar-refractivity contribution is 6.31. The van der Waals surface area contributed by atoms with Crippen LogP contribution in [0.5, 0.6) is 0 Å². The Kier molecular flexibility index (Phi) is 10.2. The highest BCUT2D eigenvalue weighted by Gasteiger charge is 2.31. The van der Waals surface area contributed by atoms with E-state index in [1.54, 1.807) is 42.4 Å². The van der Waals surface area contributed by atoms with Gasteiger partial charge in [-0.05, 0) is 67.6 Å². The fraction of sp³-hybridized carbons (Fsp3) is 0.303. The van der Waals surface area contributed by atoms with Crippen molar-refractivity contribution in [2.75, 3.05) is 36.7 Å². The molecule has 0 spiro atoms. The zero-order chi connectivity index (χ0) is 32.8. The van der Waals surface area contributed by atoms with Crippen LogP contribution in [0.2, 0.25) is 5.02 Å². The van der Waals surface area contributed by atoms with Crippen LogP contribution in [0, 0.1) is 5.82 Å². The lowest BCUT2D eigenvalue weighted by molar-refractivity contribution is -0.131. The van der Waals surface area contributed by atoms with Crippen molar-refractivity contribution in [3.05, 3.63) is 82.9 Å². The number of nitrogens with zero attached hydrogens (tertiary/aromatic N) is 2. The third kappa shape index (κ3) is 7.45. The van der Waals surface area contributed by atoms with E-state index in [4.69, 9.17) is 16.3 Å². The lowest BCUT2D eigenvalue weighted by Gasteiger charge is -2.28. The van der Waals surface area contributed by atoms with Gasteiger partial charge in [0.15, 0.2) is 5.82 Å². The second-order valence-electron chi connectivity index (χ2n) is 10.9. The first-order valence-corrected chi connectivity index (χ1v) is 15.1. The van der Waals surface area contributed by atoms with Crippen LogP contribution >= 0.6 is 11.6 Å². The highest BCUT2D eigenvalue weighted by atomic mass is 35.5. The number of allylic oxidation sites excluding steroid dienone is 2. The number of cyclic esters (lactones) is 1. The van der Waals surface area contributed by atoms with Crippen molar-refractivity contribution in [3.8, 4) is 11.1 Å². The van der Waals surface area contributed by atoms with E-state index in [9.17, 15) is 23.6 Å². The van der Waals surface area contributed by atoms with Crippen LogP contribution in [0.4, 0.5) is 31.0 Å². The molecule has 13 heteroatoms. The summed E-state index contributed by atoms with van der Waals surface area (Å²) in [4.78, 5) is 56.6. The standard InChI is InChI=1S/C33H33ClFN5O6/c1-40(16-6-8-27-29-24(39-33(44)46-27)13-12-23(34)30(29)35)31(42)22-7-4-3-5-9-28(41)38-26-18-20(37-32(43)45-2)10-11-21(26)19-14-15-36-25(22)17-19/h3-4,10-15,17-18,22,27H,5-9,16H2,1-2H3,(H,37,43)(H,38,41)(H,39,44)/b4-3+. The number of anilines is 3. The monoisotopic (exact) mass is 649 g/mol. The molecule has 2 aliphatic rings. The molecule has 240 valence electrons. The first-order chi connectivity index (χ1) is 22.1. The SMILES string of the molecule is COC(=O)Nc1ccc2c(c1)NC(=O)CC/C=C/CC(C(=O)N(C)CCCC1OC(=O)Nc3ccc(Cl)c(F)c31)c1cc-2ccn1. The number of rotatable bonds is 6. The molecule has 2 bridgehead atoms. The van der Waals surface area contributed by atoms with Crippen molar-refractivity contribution in [1.29, 1.82) is 0 Å². The summed E-state index contributed by atoms with van der Waals surface area (Å²) in [6.07, 6.45) is 4.91. The molecular weight excluding hydrogens is 617 g/mol. The van der Waals surface area contributed by atoms with Gasteiger partial charge in [-0.2, -0.15) is 0 Å². The van der Waals surface area contributed by atoms with Gasteiger partial charge in [-0.1, -0.05) is 29.8 Å². The van der Waals surface area contributed by atoms with E-state index in [1.807, 2.05) is 18.2 Å². The maximum absolute atomic E-state index is 14.8. The van der Waals surface area contributed by atoms with Gasteiger partial charge in [0.05, 0.1) is 40.7 Å². The number of methoxy groups -OCH3 is 1. The van der Waals surface area contributed by atoms with Crippen molar-refractivity contribution in [2.45, 2.75) is 44.1 Å². The number of halogens is 2. The topological polar surface area (TPSA) is 139 Å². The molecule has 2 aromatic carbocycles. The van der Waals surface area contributed by atoms with Gasteiger partial charge in [0.2, 0.25) is 11.8 Å². The fourth-order valence-corrected chi connectivity index (χ4v) is 5.65. The molecule has 0 aliphatic carbocycles. The fourth-order valence-electron chi connectivity index (χ4n) is 5.49. The predicted octanol–water partition coefficient (Wildman–Crippen LogP) is 7.02. The van der Waals surface area contributed by atoms with Crippen LogP contribution in [-0.4, -0.2) is 54.6 Å². The van der Waals surface area contributed by atoms with Crippen LogP contribution in [0.3, 0.4) is 0 Å². The molecule has 3 N–H and O–H groups in total. The van der Waals surface area contributed by atoms with E-state index < -0.39 is 30.0 Å². The molecule has 0 radical (unpaired) electrons. The smallest absolute Gasteiger partial charge is 0.412 e. The maximum atomic E-state index is 14.8. The molecule has 0 fully saturated rings. The average Bonchev–Trinajstić information content (AvgIpc) is 3.04. The largest absolute Gasteiger partial charge is 0.453 e. The van der Waals surface area contributed by atoms with E-state index in [1.165, 1.54) is 19.2 Å². The normalized spacial score (nSPS) is 18.1. The van der Waals surface area contributed by atoms with Gasteiger partial charge in [0.25, 0.3) is 0 Å². The molecule has 2 atom stereocenters. The number of carbonyl (C=O) groups excluding carboxylic acids is 4. The number of hydrogen-bond acceptors (Lipinski definition) is 7. The lowest BCUT2D eigenvalue weighted by atomic mass is 9.95. The van der Waals surface area contributed by atoms with E-state index in [2.05, 4.69) is 25.7 Å². The summed E-state index contributed by atoms with van der Waals surface area (Å²) in [6.45, 7) is 0.314. The van der Waals surface area contributed by atoms with Crippen molar-refractivity contribution >= 4 is 52.7 Å². The van der Waals surface area contributed by atoms with Crippen LogP contribution in [0.25, 0.3) is 11.1 Å². The number of nitrogens with one attached hydrogen (secondary N) is 3. The van der Waals surface area contributed by atoms with Crippen LogP contribution in [0.15, 0.2) is 60.8 Å². The first-order valence-electron chi connectivity index (χ1n) is 14.7. The van der Waals surface area contributed by atoms with Crippen LogP contribution < -0.4 is 16.0 Å². The van der Waals surface area contributed by atoms with E-state index >= 15 is 0 Å². The van der Waals surface area contributed by atoms with Gasteiger partial charge < -0.3 is 19.7 Å². The number of likely N-dealkylation sites (N-methyl/N-ethyl adjacent to an activating group) is 1. The Bertz CT molecular complexity index is 1700. The molecule has 3 heterocycles. The Hall–Kier alpha value is -4.97. The molecule has 4 amide bonds. The number of amides is 4. The summed E-state index contributed by atoms with van der Waals surface area (Å²) < 4.78 is 24.9. The first kappa shape index (κ1) is 32.4. The summed E-state index contributed by atoms with van der Waals surface area (Å²) in [5.74, 6) is -1.65. The van der Waals surface area contributed by atoms with Crippen LogP contribution in [0.1, 0.15) is 55.4 Å². The summed E-state index contributed by atoms with van der Waals surface area (Å²) >= 11 is 5.98. The van der Waals surface area contributed by atoms with Crippen molar-refractivity contribution in [1.82, 2.24) is 9.88 Å². The minimum atomic E-state index is -0.850. The lowest BCUT2D eigenvalue weighted by Crippen LogP contribution is -2.33. The van der Waals surface area contributed by atoms with Crippen molar-refractivity contribution < 1.29 is 33.0 Å². The molecule has 46 heavy (non-hydrogen) atoms. The van der Waals surface area contributed by atoms with Crippen LogP contribution in [-0.2, 0) is 19.1 Å². The molecule has 0 saturated heterocycles. The second-order valence-corrected chi connectivity index (χ2v) is 11.3. The Morgan fingerprint density at radius 3 is 2.76 bits per heavy atom. The molecular formula is C33H33ClFN5O6. The van der Waals surface area contributed by atoms with Gasteiger partial charge in [-0.25, -0.2) is 14.0 Å². The summed E-state index contributed by atoms with van der Waals surface area (Å²) in [5, 5.41) is 7.96. The zero-order valence-electron chi connectivity index (χ0n) is 25.3. The zero-order valence-corrected chi connectivity index (χ0v) is 26.0. The third-order valence-electron chi connectivity index (χ3n) is 7.83. The van der Waals surface area contributed by atoms with Crippen molar-refractivity contribution in [3.63, 3.8) is 0 Å². The molecule has 1 aromatic heterocycles. The second kappa shape index (κ2) is 14.4. The van der Waals surface area contributed by atoms with Gasteiger partial charge in [0.1, 0.15) is 6.10 Å². The van der Waals surface area contributed by atoms with Gasteiger partial charge in [-0.15, -0.1) is 0 Å². The Morgan fingerprint density at radius 1 is 1.13 bits per heavy atom. The molecule has 2 aliphatic heterocycles. The predicted molar refractivity (Wildman–Crippen MR) is 171 cm³/mol. The summed E-state index contributed by atoms with van der Waals surface area (Å²) in [5.41, 5.74) is 3.37. The van der Waals surface area contributed by atoms with Gasteiger partial charge in [0, 0.05) is 37.5 Å². The molecule has 3 aromatic rings. The van der Waals surface area contributed by atoms with Gasteiger partial charge in [-0.3, -0.25) is 25.2 Å². The van der Waals surface area contributed by atoms with E-state index in [-0.39, 0.29) is 35.2 Å². The number of fused-ring (bicyclic) bond motifs is 5. The minimum Gasteiger partial charge on any atom is -0.453 e. The number of aromatic nitrogens is 1. The molecule has 5 rings (SSSR count). The number of ether oxygens (including phenoxy) is 2. The number of carbonyl (C=O) groups is 4. The molecule has 0 saturated carbocycles. The minimum absolute atomic E-state index is 0.0714. The maximum Gasteiger partial charge on any atom is 0.412 e. The Labute approximate surface area is 270 Å². The Morgan fingerprint density at radius 2 is 1.96 bits per heavy atom. The quantitative estimate of drug-likeness (QED) is 0.244. The number of benzene rings is 2. The van der Waals surface area contributed by atoms with E-state index in [0.717, 1.165) is 5.56 Å². The van der Waals surface area contributed by atoms with Gasteiger partial charge >= 0.3 is 12.2 Å². The molecule has 2 unspecified atom stereocenters. The third-order valence-corrected chi connectivity index (χ3v) is 8.12. The number of pyridine rings is 1. The average molecular weight is 650 g/mol. The van der Waals surface area contributed by atoms with E-state index in [0.29, 0.717) is 54.1 Å².